The number of rotatable bonds is 16. The van der Waals surface area contributed by atoms with Gasteiger partial charge in [-0.15, -0.1) is 11.8 Å². The smallest absolute Gasteiger partial charge is 0.230 e. The lowest BCUT2D eigenvalue weighted by Gasteiger charge is -2.25. The molecule has 0 aliphatic heterocycles. The van der Waals surface area contributed by atoms with Crippen molar-refractivity contribution in [2.45, 2.75) is 76.2 Å². The molecule has 0 aliphatic carbocycles. The molecule has 0 heterocycles. The summed E-state index contributed by atoms with van der Waals surface area (Å²) in [4.78, 5) is 25.9. The van der Waals surface area contributed by atoms with E-state index < -0.39 is 0 Å². The molecule has 0 aliphatic rings. The fourth-order valence-corrected chi connectivity index (χ4v) is 3.78. The van der Waals surface area contributed by atoms with Crippen LogP contribution < -0.4 is 10.6 Å². The first-order valence-electron chi connectivity index (χ1n) is 11.1. The van der Waals surface area contributed by atoms with Gasteiger partial charge in [0.25, 0.3) is 0 Å². The van der Waals surface area contributed by atoms with Gasteiger partial charge in [0.1, 0.15) is 0 Å². The van der Waals surface area contributed by atoms with E-state index in [0.717, 1.165) is 62.7 Å². The fourth-order valence-electron chi connectivity index (χ4n) is 3.03. The first-order chi connectivity index (χ1) is 14.6. The summed E-state index contributed by atoms with van der Waals surface area (Å²) in [5.74, 6) is 0.598. The average Bonchev–Trinajstić information content (AvgIpc) is 2.77. The summed E-state index contributed by atoms with van der Waals surface area (Å²) in [6, 6.07) is 10.1. The van der Waals surface area contributed by atoms with Crippen molar-refractivity contribution in [1.82, 2.24) is 15.5 Å². The third-order valence-corrected chi connectivity index (χ3v) is 5.84. The number of amides is 2. The van der Waals surface area contributed by atoms with Crippen molar-refractivity contribution in [2.24, 2.45) is 0 Å². The van der Waals surface area contributed by atoms with Crippen molar-refractivity contribution in [3.8, 4) is 0 Å². The van der Waals surface area contributed by atoms with Gasteiger partial charge in [0.2, 0.25) is 12.3 Å². The van der Waals surface area contributed by atoms with Crippen LogP contribution in [0.2, 0.25) is 0 Å². The van der Waals surface area contributed by atoms with Gasteiger partial charge in [-0.25, -0.2) is 0 Å². The molecular formula is C23H38N4O2S. The van der Waals surface area contributed by atoms with Gasteiger partial charge in [-0.05, 0) is 37.8 Å². The number of nitrogens with one attached hydrogen (secondary N) is 3. The molecule has 1 rings (SSSR count). The van der Waals surface area contributed by atoms with Crippen LogP contribution in [0.1, 0.15) is 65.2 Å². The number of hydrogen-bond acceptors (Lipinski definition) is 4. The van der Waals surface area contributed by atoms with E-state index in [0.29, 0.717) is 18.8 Å². The lowest BCUT2D eigenvalue weighted by Crippen LogP contribution is -2.45. The maximum Gasteiger partial charge on any atom is 0.230 e. The minimum absolute atomic E-state index is 0.0141. The summed E-state index contributed by atoms with van der Waals surface area (Å²) in [6.07, 6.45) is 8.79. The van der Waals surface area contributed by atoms with Crippen LogP contribution in [-0.4, -0.2) is 48.1 Å². The maximum absolute atomic E-state index is 11.9. The summed E-state index contributed by atoms with van der Waals surface area (Å²) >= 11 is 1.52. The van der Waals surface area contributed by atoms with Crippen LogP contribution in [-0.2, 0) is 9.59 Å². The number of carbonyl (C=O) groups excluding carboxylic acids is 2. The second-order valence-corrected chi connectivity index (χ2v) is 8.48. The predicted molar refractivity (Wildman–Crippen MR) is 126 cm³/mol. The van der Waals surface area contributed by atoms with Crippen molar-refractivity contribution in [3.63, 3.8) is 0 Å². The van der Waals surface area contributed by atoms with E-state index in [1.165, 1.54) is 16.7 Å². The number of benzene rings is 1. The largest absolute Gasteiger partial charge is 0.355 e. The van der Waals surface area contributed by atoms with Gasteiger partial charge >= 0.3 is 0 Å². The zero-order valence-electron chi connectivity index (χ0n) is 18.5. The molecule has 168 valence electrons. The standard InChI is InChI=1S/C23H38N4O2S/c1-3-5-12-20(13-6-4-2)26-23(24)27(19-28)17-11-10-16-25-22(29)18-30-21-14-8-7-9-15-21/h7-9,14-15,19-20H,3-6,10-13,16-18H2,1-2H3,(H2,24,26)(H,25,29). The first kappa shape index (κ1) is 26.0. The highest BCUT2D eigenvalue weighted by Crippen LogP contribution is 2.16. The molecule has 0 radical (unpaired) electrons. The highest BCUT2D eigenvalue weighted by atomic mass is 32.2. The van der Waals surface area contributed by atoms with Gasteiger partial charge in [-0.2, -0.15) is 0 Å². The van der Waals surface area contributed by atoms with Gasteiger partial charge in [-0.3, -0.25) is 19.9 Å². The first-order valence-corrected chi connectivity index (χ1v) is 12.1. The van der Waals surface area contributed by atoms with Crippen LogP contribution in [0, 0.1) is 5.41 Å². The van der Waals surface area contributed by atoms with Crippen LogP contribution >= 0.6 is 11.8 Å². The monoisotopic (exact) mass is 434 g/mol. The van der Waals surface area contributed by atoms with E-state index in [4.69, 9.17) is 5.41 Å². The Morgan fingerprint density at radius 2 is 1.77 bits per heavy atom. The molecule has 1 aromatic carbocycles. The molecule has 1 aromatic rings. The Morgan fingerprint density at radius 1 is 1.10 bits per heavy atom. The molecule has 0 atom stereocenters. The summed E-state index contributed by atoms with van der Waals surface area (Å²) in [7, 11) is 0. The van der Waals surface area contributed by atoms with Gasteiger partial charge in [-0.1, -0.05) is 57.7 Å². The molecule has 0 unspecified atom stereocenters. The average molecular weight is 435 g/mol. The van der Waals surface area contributed by atoms with Gasteiger partial charge in [0, 0.05) is 24.0 Å². The number of thioether (sulfide) groups is 1. The summed E-state index contributed by atoms with van der Waals surface area (Å²) in [6.45, 7) is 5.40. The van der Waals surface area contributed by atoms with Crippen molar-refractivity contribution in [1.29, 1.82) is 5.41 Å². The van der Waals surface area contributed by atoms with Gasteiger partial charge in [0.15, 0.2) is 5.96 Å². The molecule has 0 saturated heterocycles. The number of unbranched alkanes of at least 4 members (excludes halogenated alkanes) is 3. The number of hydrogen-bond donors (Lipinski definition) is 3. The Kier molecular flexibility index (Phi) is 14.5. The molecule has 6 nitrogen and oxygen atoms in total. The second-order valence-electron chi connectivity index (χ2n) is 7.43. The van der Waals surface area contributed by atoms with Crippen LogP contribution in [0.4, 0.5) is 0 Å². The molecule has 30 heavy (non-hydrogen) atoms. The normalized spacial score (nSPS) is 10.6. The van der Waals surface area contributed by atoms with Crippen molar-refractivity contribution in [3.05, 3.63) is 30.3 Å². The minimum atomic E-state index is 0.0141. The Balaban J connectivity index is 2.24. The zero-order chi connectivity index (χ0) is 22.0. The van der Waals surface area contributed by atoms with Gasteiger partial charge in [0.05, 0.1) is 5.75 Å². The highest BCUT2D eigenvalue weighted by molar-refractivity contribution is 8.00. The van der Waals surface area contributed by atoms with Crippen LogP contribution in [0.5, 0.6) is 0 Å². The van der Waals surface area contributed by atoms with Crippen LogP contribution in [0.15, 0.2) is 35.2 Å². The topological polar surface area (TPSA) is 85.3 Å². The summed E-state index contributed by atoms with van der Waals surface area (Å²) in [5.41, 5.74) is 0. The SMILES string of the molecule is CCCCC(CCCC)NC(=N)N(C=O)CCCCNC(=O)CSc1ccccc1. The molecule has 3 N–H and O–H groups in total. The molecule has 0 bridgehead atoms. The predicted octanol–water partition coefficient (Wildman–Crippen LogP) is 4.41. The van der Waals surface area contributed by atoms with Crippen LogP contribution in [0.3, 0.4) is 0 Å². The molecule has 7 heteroatoms. The number of nitrogens with zero attached hydrogens (tertiary/aromatic N) is 1. The molecule has 0 spiro atoms. The van der Waals surface area contributed by atoms with E-state index in [9.17, 15) is 9.59 Å². The van der Waals surface area contributed by atoms with E-state index in [-0.39, 0.29) is 17.9 Å². The second kappa shape index (κ2) is 16.7. The number of guanidine groups is 1. The van der Waals surface area contributed by atoms with Gasteiger partial charge < -0.3 is 10.6 Å². The molecule has 2 amide bonds. The van der Waals surface area contributed by atoms with Crippen molar-refractivity contribution >= 4 is 30.0 Å². The van der Waals surface area contributed by atoms with E-state index in [1.807, 2.05) is 30.3 Å². The Hall–Kier alpha value is -2.02. The Bertz CT molecular complexity index is 604. The molecule has 0 fully saturated rings. The van der Waals surface area contributed by atoms with E-state index in [2.05, 4.69) is 24.5 Å². The van der Waals surface area contributed by atoms with Crippen molar-refractivity contribution < 1.29 is 9.59 Å². The van der Waals surface area contributed by atoms with E-state index >= 15 is 0 Å². The number of carbonyl (C=O) groups is 2. The summed E-state index contributed by atoms with van der Waals surface area (Å²) < 4.78 is 0. The molecular weight excluding hydrogens is 396 g/mol. The Labute approximate surface area is 186 Å². The lowest BCUT2D eigenvalue weighted by atomic mass is 10.0. The maximum atomic E-state index is 11.9. The summed E-state index contributed by atoms with van der Waals surface area (Å²) in [5, 5.41) is 14.4. The minimum Gasteiger partial charge on any atom is -0.355 e. The zero-order valence-corrected chi connectivity index (χ0v) is 19.3. The quantitative estimate of drug-likeness (QED) is 0.118. The highest BCUT2D eigenvalue weighted by Gasteiger charge is 2.14. The van der Waals surface area contributed by atoms with E-state index in [1.54, 1.807) is 0 Å². The Morgan fingerprint density at radius 3 is 2.37 bits per heavy atom. The fraction of sp³-hybridized carbons (Fsp3) is 0.609. The lowest BCUT2D eigenvalue weighted by molar-refractivity contribution is -0.118. The third kappa shape index (κ3) is 11.9. The third-order valence-electron chi connectivity index (χ3n) is 4.83. The van der Waals surface area contributed by atoms with Crippen molar-refractivity contribution in [2.75, 3.05) is 18.8 Å². The molecule has 0 saturated carbocycles. The van der Waals surface area contributed by atoms with Crippen LogP contribution in [0.25, 0.3) is 0 Å². The molecule has 0 aromatic heterocycles.